The second-order valence-corrected chi connectivity index (χ2v) is 5.96. The maximum absolute atomic E-state index is 12.2. The van der Waals surface area contributed by atoms with Crippen LogP contribution in [0, 0.1) is 0 Å². The van der Waals surface area contributed by atoms with Crippen LogP contribution in [0.5, 0.6) is 0 Å². The van der Waals surface area contributed by atoms with E-state index >= 15 is 0 Å². The Morgan fingerprint density at radius 3 is 2.50 bits per heavy atom. The molecule has 1 N–H and O–H groups in total. The van der Waals surface area contributed by atoms with Crippen LogP contribution in [0.15, 0.2) is 48.5 Å². The quantitative estimate of drug-likeness (QED) is 0.842. The monoisotopic (exact) mass is 352 g/mol. The lowest BCUT2D eigenvalue weighted by atomic mass is 10.2. The highest BCUT2D eigenvalue weighted by molar-refractivity contribution is 7.80. The Balaban J connectivity index is 2.00. The molecule has 0 spiro atoms. The number of hydrogen-bond acceptors (Lipinski definition) is 2. The molecule has 22 heavy (non-hydrogen) atoms. The smallest absolute Gasteiger partial charge is 0.258 e. The molecule has 2 aromatic rings. The minimum Gasteiger partial charge on any atom is -0.348 e. The number of amides is 1. The molecule has 0 radical (unpaired) electrons. The molecule has 3 nitrogen and oxygen atoms in total. The first-order valence-electron chi connectivity index (χ1n) is 6.53. The van der Waals surface area contributed by atoms with E-state index in [1.165, 1.54) is 6.07 Å². The topological polar surface area (TPSA) is 32.3 Å². The van der Waals surface area contributed by atoms with E-state index in [4.69, 9.17) is 35.4 Å². The van der Waals surface area contributed by atoms with Gasteiger partial charge in [0, 0.05) is 18.6 Å². The van der Waals surface area contributed by atoms with Crippen molar-refractivity contribution in [3.63, 3.8) is 0 Å². The van der Waals surface area contributed by atoms with E-state index in [2.05, 4.69) is 5.32 Å². The van der Waals surface area contributed by atoms with Gasteiger partial charge in [-0.1, -0.05) is 53.5 Å². The first-order chi connectivity index (χ1) is 10.5. The molecule has 0 aromatic heterocycles. The fourth-order valence-corrected chi connectivity index (χ4v) is 2.51. The van der Waals surface area contributed by atoms with Crippen LogP contribution in [-0.2, 0) is 6.54 Å². The number of hydrogen-bond donors (Lipinski definition) is 1. The molecule has 0 aliphatic rings. The van der Waals surface area contributed by atoms with E-state index in [1.54, 1.807) is 17.0 Å². The molecule has 0 atom stereocenters. The minimum absolute atomic E-state index is 0.290. The maximum Gasteiger partial charge on any atom is 0.258 e. The predicted molar refractivity (Wildman–Crippen MR) is 94.4 cm³/mol. The molecular formula is C16H14Cl2N2OS. The largest absolute Gasteiger partial charge is 0.348 e. The predicted octanol–water partition coefficient (Wildman–Crippen LogP) is 4.14. The van der Waals surface area contributed by atoms with Crippen molar-refractivity contribution in [2.24, 2.45) is 0 Å². The molecule has 0 unspecified atom stereocenters. The third kappa shape index (κ3) is 4.44. The molecule has 0 aliphatic carbocycles. The van der Waals surface area contributed by atoms with Gasteiger partial charge in [-0.2, -0.15) is 0 Å². The van der Waals surface area contributed by atoms with Crippen LogP contribution in [0.25, 0.3) is 0 Å². The van der Waals surface area contributed by atoms with E-state index in [0.29, 0.717) is 27.3 Å². The number of halogens is 2. The summed E-state index contributed by atoms with van der Waals surface area (Å²) in [5.41, 5.74) is 1.44. The molecule has 0 heterocycles. The van der Waals surface area contributed by atoms with Crippen LogP contribution in [0.1, 0.15) is 15.9 Å². The molecule has 0 fully saturated rings. The fourth-order valence-electron chi connectivity index (χ4n) is 1.86. The summed E-state index contributed by atoms with van der Waals surface area (Å²) in [5.74, 6) is -0.355. The zero-order valence-electron chi connectivity index (χ0n) is 11.8. The number of nitrogens with one attached hydrogen (secondary N) is 1. The van der Waals surface area contributed by atoms with E-state index in [1.807, 2.05) is 37.4 Å². The van der Waals surface area contributed by atoms with Crippen molar-refractivity contribution in [2.45, 2.75) is 6.54 Å². The Hall–Kier alpha value is -1.62. The Morgan fingerprint density at radius 2 is 1.86 bits per heavy atom. The molecule has 0 bridgehead atoms. The number of carbonyl (C=O) groups is 1. The lowest BCUT2D eigenvalue weighted by molar-refractivity contribution is 0.0974. The minimum atomic E-state index is -0.355. The highest BCUT2D eigenvalue weighted by Gasteiger charge is 2.14. The van der Waals surface area contributed by atoms with Gasteiger partial charge in [0.2, 0.25) is 0 Å². The third-order valence-corrected chi connectivity index (χ3v) is 3.97. The normalized spacial score (nSPS) is 10.1. The van der Waals surface area contributed by atoms with Gasteiger partial charge in [-0.15, -0.1) is 0 Å². The van der Waals surface area contributed by atoms with Crippen molar-refractivity contribution >= 4 is 46.4 Å². The van der Waals surface area contributed by atoms with Gasteiger partial charge in [-0.05, 0) is 36.0 Å². The van der Waals surface area contributed by atoms with Gasteiger partial charge in [0.15, 0.2) is 5.11 Å². The first kappa shape index (κ1) is 16.7. The van der Waals surface area contributed by atoms with Crippen LogP contribution in [0.2, 0.25) is 10.0 Å². The Kier molecular flexibility index (Phi) is 5.77. The highest BCUT2D eigenvalue weighted by Crippen LogP contribution is 2.20. The van der Waals surface area contributed by atoms with E-state index < -0.39 is 0 Å². The summed E-state index contributed by atoms with van der Waals surface area (Å²) in [6.45, 7) is 0.605. The lowest BCUT2D eigenvalue weighted by Gasteiger charge is -2.20. The van der Waals surface area contributed by atoms with Crippen molar-refractivity contribution < 1.29 is 4.79 Å². The molecule has 2 rings (SSSR count). The summed E-state index contributed by atoms with van der Waals surface area (Å²) in [6, 6.07) is 14.6. The SMILES string of the molecule is CN(Cc1ccccc1)C(=S)NC(=O)c1ccc(Cl)cc1Cl. The van der Waals surface area contributed by atoms with Gasteiger partial charge in [0.1, 0.15) is 0 Å². The molecule has 6 heteroatoms. The summed E-state index contributed by atoms with van der Waals surface area (Å²) in [6.07, 6.45) is 0. The first-order valence-corrected chi connectivity index (χ1v) is 7.69. The van der Waals surface area contributed by atoms with Gasteiger partial charge in [0.05, 0.1) is 10.6 Å². The van der Waals surface area contributed by atoms with Gasteiger partial charge in [-0.25, -0.2) is 0 Å². The average molecular weight is 353 g/mol. The zero-order chi connectivity index (χ0) is 16.1. The second kappa shape index (κ2) is 7.58. The highest BCUT2D eigenvalue weighted by atomic mass is 35.5. The van der Waals surface area contributed by atoms with E-state index in [9.17, 15) is 4.79 Å². The summed E-state index contributed by atoms with van der Waals surface area (Å²) >= 11 is 17.1. The third-order valence-electron chi connectivity index (χ3n) is 3.01. The van der Waals surface area contributed by atoms with Gasteiger partial charge in [-0.3, -0.25) is 10.1 Å². The summed E-state index contributed by atoms with van der Waals surface area (Å²) < 4.78 is 0. The number of benzene rings is 2. The van der Waals surface area contributed by atoms with Crippen molar-refractivity contribution in [3.05, 3.63) is 69.7 Å². The number of carbonyl (C=O) groups excluding carboxylic acids is 1. The van der Waals surface area contributed by atoms with Gasteiger partial charge >= 0.3 is 0 Å². The van der Waals surface area contributed by atoms with Crippen molar-refractivity contribution in [2.75, 3.05) is 7.05 Å². The Bertz CT molecular complexity index is 692. The zero-order valence-corrected chi connectivity index (χ0v) is 14.2. The molecule has 0 saturated carbocycles. The van der Waals surface area contributed by atoms with Crippen LogP contribution in [0.4, 0.5) is 0 Å². The van der Waals surface area contributed by atoms with Crippen molar-refractivity contribution in [1.82, 2.24) is 10.2 Å². The Labute approximate surface area is 144 Å². The van der Waals surface area contributed by atoms with E-state index in [-0.39, 0.29) is 5.91 Å². The molecular weight excluding hydrogens is 339 g/mol. The molecule has 114 valence electrons. The van der Waals surface area contributed by atoms with Crippen LogP contribution in [0.3, 0.4) is 0 Å². The molecule has 0 saturated heterocycles. The number of thiocarbonyl (C=S) groups is 1. The average Bonchev–Trinajstić information content (AvgIpc) is 2.47. The Morgan fingerprint density at radius 1 is 1.18 bits per heavy atom. The van der Waals surface area contributed by atoms with E-state index in [0.717, 1.165) is 5.56 Å². The van der Waals surface area contributed by atoms with Crippen LogP contribution < -0.4 is 5.32 Å². The van der Waals surface area contributed by atoms with Gasteiger partial charge < -0.3 is 4.90 Å². The van der Waals surface area contributed by atoms with Crippen LogP contribution >= 0.6 is 35.4 Å². The second-order valence-electron chi connectivity index (χ2n) is 4.73. The summed E-state index contributed by atoms with van der Waals surface area (Å²) in [7, 11) is 1.82. The molecule has 2 aromatic carbocycles. The number of nitrogens with zero attached hydrogens (tertiary/aromatic N) is 1. The standard InChI is InChI=1S/C16H14Cl2N2OS/c1-20(10-11-5-3-2-4-6-11)16(22)19-15(21)13-8-7-12(17)9-14(13)18/h2-9H,10H2,1H3,(H,19,21,22). The summed E-state index contributed by atoms with van der Waals surface area (Å²) in [4.78, 5) is 14.0. The maximum atomic E-state index is 12.2. The molecule has 1 amide bonds. The van der Waals surface area contributed by atoms with Gasteiger partial charge in [0.25, 0.3) is 5.91 Å². The molecule has 0 aliphatic heterocycles. The number of rotatable bonds is 3. The van der Waals surface area contributed by atoms with Crippen molar-refractivity contribution in [3.8, 4) is 0 Å². The fraction of sp³-hybridized carbons (Fsp3) is 0.125. The summed E-state index contributed by atoms with van der Waals surface area (Å²) in [5, 5.41) is 3.77. The van der Waals surface area contributed by atoms with Crippen LogP contribution in [-0.4, -0.2) is 23.0 Å². The lowest BCUT2D eigenvalue weighted by Crippen LogP contribution is -2.40. The van der Waals surface area contributed by atoms with Crippen molar-refractivity contribution in [1.29, 1.82) is 0 Å².